The fourth-order valence-electron chi connectivity index (χ4n) is 0. The van der Waals surface area contributed by atoms with Gasteiger partial charge < -0.3 is 21.7 Å². The Bertz CT molecular complexity index is 78.6. The van der Waals surface area contributed by atoms with Crippen molar-refractivity contribution in [2.45, 2.75) is 0 Å². The van der Waals surface area contributed by atoms with Crippen molar-refractivity contribution in [3.05, 3.63) is 0 Å². The minimum Gasteiger partial charge on any atom is -0.852 e. The van der Waals surface area contributed by atoms with Crippen molar-refractivity contribution in [3.8, 4) is 0 Å². The molecule has 1 radical (unpaired) electrons. The van der Waals surface area contributed by atoms with Crippen LogP contribution in [-0.4, -0.2) is 10.3 Å². The van der Waals surface area contributed by atoms with E-state index in [2.05, 4.69) is 35.9 Å². The third-order valence-corrected chi connectivity index (χ3v) is 0. The Morgan fingerprint density at radius 1 is 1.00 bits per heavy atom. The molecule has 9 heavy (non-hydrogen) atoms. The molecule has 0 aromatic carbocycles. The van der Waals surface area contributed by atoms with Crippen molar-refractivity contribution in [1.29, 1.82) is 0 Å². The maximum atomic E-state index is 9.04. The minimum absolute atomic E-state index is 0. The zero-order valence-corrected chi connectivity index (χ0v) is 6.98. The van der Waals surface area contributed by atoms with E-state index in [1.807, 2.05) is 0 Å². The molecule has 0 fully saturated rings. The van der Waals surface area contributed by atoms with Gasteiger partial charge in [-0.3, -0.25) is 0 Å². The topological polar surface area (TPSA) is 98.2 Å². The number of rotatable bonds is 0. The van der Waals surface area contributed by atoms with Crippen LogP contribution in [0.25, 0.3) is 0 Å². The number of hydrogen-bond donors (Lipinski definition) is 2. The molecule has 0 bridgehead atoms. The molecule has 0 aliphatic rings. The molecule has 0 saturated carbocycles. The number of hydrogen-bond acceptors (Lipinski definition) is 4. The summed E-state index contributed by atoms with van der Waals surface area (Å²) in [5, 5.41) is 16.6. The van der Waals surface area contributed by atoms with Crippen LogP contribution in [0.4, 0.5) is 0 Å². The van der Waals surface area contributed by atoms with E-state index >= 15 is 0 Å². The molecule has 0 heterocycles. The van der Waals surface area contributed by atoms with Gasteiger partial charge in [-0.15, -0.1) is 0 Å². The Kier molecular flexibility index (Phi) is 19.2. The van der Waals surface area contributed by atoms with Gasteiger partial charge in [-0.25, -0.2) is 0 Å². The summed E-state index contributed by atoms with van der Waals surface area (Å²) in [7, 11) is 0. The van der Waals surface area contributed by atoms with Gasteiger partial charge in [0.25, 0.3) is 0 Å². The van der Waals surface area contributed by atoms with Crippen LogP contribution in [0.2, 0.25) is 0 Å². The van der Waals surface area contributed by atoms with Crippen molar-refractivity contribution < 1.29 is 27.3 Å². The quantitative estimate of drug-likeness (QED) is 0.328. The monoisotopic (exact) mass is 207 g/mol. The summed E-state index contributed by atoms with van der Waals surface area (Å²) in [4.78, 5) is 0. The number of thiocarbonyl (C=S) groups is 2. The Hall–Kier alpha value is -0.101. The van der Waals surface area contributed by atoms with E-state index < -0.39 is 10.3 Å². The fraction of sp³-hybridized carbons (Fsp3) is 0. The van der Waals surface area contributed by atoms with Crippen molar-refractivity contribution in [1.82, 2.24) is 0 Å². The fourth-order valence-corrected chi connectivity index (χ4v) is 0. The van der Waals surface area contributed by atoms with Crippen LogP contribution in [0.5, 0.6) is 0 Å². The first-order valence-corrected chi connectivity index (χ1v) is 2.21. The van der Waals surface area contributed by atoms with Crippen LogP contribution < -0.4 is 21.7 Å². The van der Waals surface area contributed by atoms with Gasteiger partial charge >= 0.3 is 17.1 Å². The zero-order chi connectivity index (χ0) is 7.15. The van der Waals surface area contributed by atoms with E-state index in [1.165, 1.54) is 0 Å². The van der Waals surface area contributed by atoms with E-state index in [0.29, 0.717) is 0 Å². The van der Waals surface area contributed by atoms with Crippen LogP contribution in [0, 0.1) is 0 Å². The molecule has 0 aliphatic heterocycles. The average molecular weight is 207 g/mol. The second kappa shape index (κ2) is 10.8. The maximum Gasteiger partial charge on any atom is 2.00 e. The van der Waals surface area contributed by atoms with Gasteiger partial charge in [-0.2, -0.15) is 0 Å². The summed E-state index contributed by atoms with van der Waals surface area (Å²) in [6.45, 7) is 0. The molecule has 7 heteroatoms. The molecular formula is C2H4MnN2O2S2. The first-order chi connectivity index (χ1) is 3.46. The molecule has 0 rings (SSSR count). The van der Waals surface area contributed by atoms with Crippen LogP contribution >= 0.6 is 24.4 Å². The van der Waals surface area contributed by atoms with Gasteiger partial charge in [-0.05, 0) is 0 Å². The third kappa shape index (κ3) is 27200. The van der Waals surface area contributed by atoms with Gasteiger partial charge in [0.05, 0.1) is 0 Å². The Labute approximate surface area is 73.7 Å². The third-order valence-electron chi connectivity index (χ3n) is 0. The van der Waals surface area contributed by atoms with Crippen molar-refractivity contribution in [2.24, 2.45) is 11.5 Å². The molecular weight excluding hydrogens is 203 g/mol. The molecule has 0 spiro atoms. The van der Waals surface area contributed by atoms with E-state index in [4.69, 9.17) is 10.2 Å². The molecule has 0 aromatic rings. The largest absolute Gasteiger partial charge is 2.00 e. The van der Waals surface area contributed by atoms with Gasteiger partial charge in [-0.1, -0.05) is 24.4 Å². The smallest absolute Gasteiger partial charge is 0.852 e. The number of nitrogens with two attached hydrogens (primary N) is 2. The molecule has 53 valence electrons. The van der Waals surface area contributed by atoms with E-state index in [0.717, 1.165) is 0 Å². The predicted octanol–water partition coefficient (Wildman–Crippen LogP) is -2.82. The van der Waals surface area contributed by atoms with Gasteiger partial charge in [0.2, 0.25) is 0 Å². The molecule has 4 nitrogen and oxygen atoms in total. The van der Waals surface area contributed by atoms with E-state index in [-0.39, 0.29) is 17.1 Å². The summed E-state index contributed by atoms with van der Waals surface area (Å²) < 4.78 is 0. The Morgan fingerprint density at radius 2 is 1.00 bits per heavy atom. The van der Waals surface area contributed by atoms with Crippen LogP contribution in [0.1, 0.15) is 0 Å². The summed E-state index contributed by atoms with van der Waals surface area (Å²) >= 11 is 7.52. The molecule has 0 atom stereocenters. The van der Waals surface area contributed by atoms with Gasteiger partial charge in [0.1, 0.15) is 0 Å². The zero-order valence-electron chi connectivity index (χ0n) is 4.17. The second-order valence-corrected chi connectivity index (χ2v) is 1.44. The van der Waals surface area contributed by atoms with Crippen molar-refractivity contribution >= 4 is 34.8 Å². The average Bonchev–Trinajstić information content (AvgIpc) is 1.25. The molecule has 0 aliphatic carbocycles. The van der Waals surface area contributed by atoms with Crippen LogP contribution in [-0.2, 0) is 17.1 Å². The summed E-state index contributed by atoms with van der Waals surface area (Å²) in [5.74, 6) is 0. The standard InChI is InChI=1S/2CH3NOS.Mn/c2*2-1(3)4;/h2*(H3,2,3,4);/q;;+2/p-2. The first kappa shape index (κ1) is 16.0. The first-order valence-electron chi connectivity index (χ1n) is 1.39. The molecule has 0 aromatic heterocycles. The predicted molar refractivity (Wildman–Crippen MR) is 33.6 cm³/mol. The summed E-state index contributed by atoms with van der Waals surface area (Å²) in [5.41, 5.74) is 8.57. The normalized spacial score (nSPS) is 5.33. The SMILES string of the molecule is NC([O-])=S.NC([O-])=S.[Mn+2]. The summed E-state index contributed by atoms with van der Waals surface area (Å²) in [6.07, 6.45) is 0. The summed E-state index contributed by atoms with van der Waals surface area (Å²) in [6, 6.07) is 0. The Balaban J connectivity index is -0.0000000720. The van der Waals surface area contributed by atoms with Crippen molar-refractivity contribution in [2.75, 3.05) is 0 Å². The van der Waals surface area contributed by atoms with E-state index in [9.17, 15) is 0 Å². The minimum atomic E-state index is -0.750. The van der Waals surface area contributed by atoms with Gasteiger partial charge in [0.15, 0.2) is 0 Å². The van der Waals surface area contributed by atoms with Gasteiger partial charge in [0, 0.05) is 10.3 Å². The van der Waals surface area contributed by atoms with E-state index in [1.54, 1.807) is 0 Å². The molecule has 0 amide bonds. The Morgan fingerprint density at radius 3 is 1.00 bits per heavy atom. The van der Waals surface area contributed by atoms with Crippen LogP contribution in [0.3, 0.4) is 0 Å². The molecule has 0 unspecified atom stereocenters. The van der Waals surface area contributed by atoms with Crippen LogP contribution in [0.15, 0.2) is 0 Å². The second-order valence-electron chi connectivity index (χ2n) is 0.638. The molecule has 4 N–H and O–H groups in total. The van der Waals surface area contributed by atoms with Crippen molar-refractivity contribution in [3.63, 3.8) is 0 Å². The molecule has 0 saturated heterocycles. The maximum absolute atomic E-state index is 9.04.